The average molecular weight is 370 g/mol. The summed E-state index contributed by atoms with van der Waals surface area (Å²) in [5.41, 5.74) is 0. The summed E-state index contributed by atoms with van der Waals surface area (Å²) in [5.74, 6) is 0.893. The standard InChI is InChI=1S/C12H26N4O.HI/c1-6-13-12(16-10(4)5)15-8-7-14-11(17)9(2)3;/h9-10H,6-8H2,1-5H3,(H,14,17)(H2,13,15,16);1H. The Balaban J connectivity index is 0. The summed E-state index contributed by atoms with van der Waals surface area (Å²) in [6.45, 7) is 11.9. The molecule has 1 amide bonds. The highest BCUT2D eigenvalue weighted by Gasteiger charge is 2.04. The molecule has 3 N–H and O–H groups in total. The summed E-state index contributed by atoms with van der Waals surface area (Å²) in [6.07, 6.45) is 0. The van der Waals surface area contributed by atoms with Gasteiger partial charge in [-0.25, -0.2) is 0 Å². The van der Waals surface area contributed by atoms with Crippen molar-refractivity contribution in [2.45, 2.75) is 40.7 Å². The number of guanidine groups is 1. The van der Waals surface area contributed by atoms with E-state index in [-0.39, 0.29) is 35.8 Å². The second-order valence-electron chi connectivity index (χ2n) is 4.51. The molecule has 0 aliphatic heterocycles. The molecule has 0 spiro atoms. The molecule has 0 radical (unpaired) electrons. The molecule has 0 atom stereocenters. The topological polar surface area (TPSA) is 65.5 Å². The molecule has 0 aliphatic rings. The second kappa shape index (κ2) is 11.6. The van der Waals surface area contributed by atoms with Gasteiger partial charge in [-0.1, -0.05) is 13.8 Å². The van der Waals surface area contributed by atoms with Gasteiger partial charge in [0.25, 0.3) is 0 Å². The molecule has 0 aromatic heterocycles. The Labute approximate surface area is 128 Å². The van der Waals surface area contributed by atoms with Crippen molar-refractivity contribution in [3.8, 4) is 0 Å². The lowest BCUT2D eigenvalue weighted by molar-refractivity contribution is -0.123. The van der Waals surface area contributed by atoms with Crippen LogP contribution in [0.1, 0.15) is 34.6 Å². The largest absolute Gasteiger partial charge is 0.357 e. The van der Waals surface area contributed by atoms with Crippen LogP contribution in [0.2, 0.25) is 0 Å². The molecule has 0 aromatic rings. The van der Waals surface area contributed by atoms with E-state index in [4.69, 9.17) is 0 Å². The number of carbonyl (C=O) groups is 1. The molecular formula is C12H27IN4O. The first-order valence-corrected chi connectivity index (χ1v) is 6.29. The normalized spacial score (nSPS) is 11.2. The van der Waals surface area contributed by atoms with Crippen LogP contribution in [0.5, 0.6) is 0 Å². The van der Waals surface area contributed by atoms with E-state index in [1.165, 1.54) is 0 Å². The van der Waals surface area contributed by atoms with Crippen molar-refractivity contribution in [3.63, 3.8) is 0 Å². The van der Waals surface area contributed by atoms with E-state index in [2.05, 4.69) is 34.8 Å². The van der Waals surface area contributed by atoms with Gasteiger partial charge in [0.2, 0.25) is 5.91 Å². The van der Waals surface area contributed by atoms with Gasteiger partial charge in [0, 0.05) is 25.0 Å². The number of hydrogen-bond acceptors (Lipinski definition) is 2. The fourth-order valence-corrected chi connectivity index (χ4v) is 1.14. The van der Waals surface area contributed by atoms with E-state index in [0.29, 0.717) is 19.1 Å². The molecule has 0 fully saturated rings. The maximum atomic E-state index is 11.3. The fraction of sp³-hybridized carbons (Fsp3) is 0.833. The second-order valence-corrected chi connectivity index (χ2v) is 4.51. The zero-order valence-corrected chi connectivity index (χ0v) is 14.4. The van der Waals surface area contributed by atoms with Crippen LogP contribution in [0, 0.1) is 5.92 Å². The summed E-state index contributed by atoms with van der Waals surface area (Å²) in [7, 11) is 0. The first kappa shape index (κ1) is 19.8. The Hall–Kier alpha value is -0.530. The lowest BCUT2D eigenvalue weighted by Gasteiger charge is -2.14. The monoisotopic (exact) mass is 370 g/mol. The zero-order chi connectivity index (χ0) is 13.3. The van der Waals surface area contributed by atoms with Crippen LogP contribution in [0.15, 0.2) is 4.99 Å². The highest BCUT2D eigenvalue weighted by atomic mass is 127. The van der Waals surface area contributed by atoms with Gasteiger partial charge in [0.05, 0.1) is 6.54 Å². The van der Waals surface area contributed by atoms with Crippen molar-refractivity contribution in [2.24, 2.45) is 10.9 Å². The molecule has 0 aromatic carbocycles. The minimum absolute atomic E-state index is 0. The lowest BCUT2D eigenvalue weighted by Crippen LogP contribution is -2.41. The Morgan fingerprint density at radius 1 is 1.17 bits per heavy atom. The summed E-state index contributed by atoms with van der Waals surface area (Å²) in [5, 5.41) is 9.20. The van der Waals surface area contributed by atoms with Crippen molar-refractivity contribution in [2.75, 3.05) is 19.6 Å². The third kappa shape index (κ3) is 10.6. The number of amides is 1. The quantitative estimate of drug-likeness (QED) is 0.286. The average Bonchev–Trinajstić information content (AvgIpc) is 2.23. The smallest absolute Gasteiger partial charge is 0.222 e. The molecule has 108 valence electrons. The molecule has 0 unspecified atom stereocenters. The Morgan fingerprint density at radius 3 is 2.22 bits per heavy atom. The van der Waals surface area contributed by atoms with Gasteiger partial charge in [-0.15, -0.1) is 24.0 Å². The number of halogens is 1. The maximum absolute atomic E-state index is 11.3. The zero-order valence-electron chi connectivity index (χ0n) is 12.0. The fourth-order valence-electron chi connectivity index (χ4n) is 1.14. The maximum Gasteiger partial charge on any atom is 0.222 e. The van der Waals surface area contributed by atoms with Crippen LogP contribution in [0.4, 0.5) is 0 Å². The van der Waals surface area contributed by atoms with Gasteiger partial charge >= 0.3 is 0 Å². The molecule has 0 saturated heterocycles. The number of nitrogens with one attached hydrogen (secondary N) is 3. The van der Waals surface area contributed by atoms with Gasteiger partial charge in [-0.05, 0) is 20.8 Å². The van der Waals surface area contributed by atoms with Gasteiger partial charge in [0.15, 0.2) is 5.96 Å². The molecular weight excluding hydrogens is 343 g/mol. The van der Waals surface area contributed by atoms with E-state index in [1.807, 2.05) is 20.8 Å². The molecule has 0 heterocycles. The van der Waals surface area contributed by atoms with E-state index < -0.39 is 0 Å². The third-order valence-electron chi connectivity index (χ3n) is 1.97. The van der Waals surface area contributed by atoms with E-state index in [1.54, 1.807) is 0 Å². The minimum atomic E-state index is 0. The summed E-state index contributed by atoms with van der Waals surface area (Å²) in [4.78, 5) is 15.7. The highest BCUT2D eigenvalue weighted by molar-refractivity contribution is 14.0. The van der Waals surface area contributed by atoms with Crippen molar-refractivity contribution in [1.29, 1.82) is 0 Å². The molecule has 0 bridgehead atoms. The molecule has 5 nitrogen and oxygen atoms in total. The van der Waals surface area contributed by atoms with Gasteiger partial charge in [0.1, 0.15) is 0 Å². The molecule has 0 rings (SSSR count). The van der Waals surface area contributed by atoms with Crippen LogP contribution in [0.3, 0.4) is 0 Å². The van der Waals surface area contributed by atoms with E-state index >= 15 is 0 Å². The lowest BCUT2D eigenvalue weighted by atomic mass is 10.2. The summed E-state index contributed by atoms with van der Waals surface area (Å²) >= 11 is 0. The Morgan fingerprint density at radius 2 is 1.78 bits per heavy atom. The predicted molar refractivity (Wildman–Crippen MR) is 87.5 cm³/mol. The predicted octanol–water partition coefficient (Wildman–Crippen LogP) is 1.34. The van der Waals surface area contributed by atoms with E-state index in [9.17, 15) is 4.79 Å². The highest BCUT2D eigenvalue weighted by Crippen LogP contribution is 1.89. The van der Waals surface area contributed by atoms with Crippen LogP contribution >= 0.6 is 24.0 Å². The summed E-state index contributed by atoms with van der Waals surface area (Å²) < 4.78 is 0. The van der Waals surface area contributed by atoms with Crippen LogP contribution < -0.4 is 16.0 Å². The number of aliphatic imine (C=N–C) groups is 1. The number of rotatable bonds is 6. The van der Waals surface area contributed by atoms with Crippen molar-refractivity contribution < 1.29 is 4.79 Å². The first-order chi connectivity index (χ1) is 7.97. The van der Waals surface area contributed by atoms with Gasteiger partial charge in [-0.2, -0.15) is 0 Å². The molecule has 6 heteroatoms. The summed E-state index contributed by atoms with van der Waals surface area (Å²) in [6, 6.07) is 0.345. The van der Waals surface area contributed by atoms with Crippen molar-refractivity contribution in [3.05, 3.63) is 0 Å². The molecule has 18 heavy (non-hydrogen) atoms. The van der Waals surface area contributed by atoms with Crippen molar-refractivity contribution >= 4 is 35.8 Å². The molecule has 0 aliphatic carbocycles. The SMILES string of the molecule is CCNC(=NCCNC(=O)C(C)C)NC(C)C.I. The minimum Gasteiger partial charge on any atom is -0.357 e. The van der Waals surface area contributed by atoms with Crippen LogP contribution in [0.25, 0.3) is 0 Å². The van der Waals surface area contributed by atoms with Gasteiger partial charge in [-0.3, -0.25) is 9.79 Å². The van der Waals surface area contributed by atoms with Crippen molar-refractivity contribution in [1.82, 2.24) is 16.0 Å². The number of nitrogens with zero attached hydrogens (tertiary/aromatic N) is 1. The van der Waals surface area contributed by atoms with Crippen LogP contribution in [-0.2, 0) is 4.79 Å². The third-order valence-corrected chi connectivity index (χ3v) is 1.97. The van der Waals surface area contributed by atoms with Crippen LogP contribution in [-0.4, -0.2) is 37.5 Å². The Kier molecular flexibility index (Phi) is 12.7. The Bertz CT molecular complexity index is 254. The number of carbonyl (C=O) groups excluding carboxylic acids is 1. The van der Waals surface area contributed by atoms with Gasteiger partial charge < -0.3 is 16.0 Å². The number of hydrogen-bond donors (Lipinski definition) is 3. The molecule has 0 saturated carbocycles. The van der Waals surface area contributed by atoms with E-state index in [0.717, 1.165) is 12.5 Å². The first-order valence-electron chi connectivity index (χ1n) is 6.29.